The molecule has 0 heterocycles. The van der Waals surface area contributed by atoms with Crippen molar-refractivity contribution in [2.75, 3.05) is 33.4 Å². The first-order valence-corrected chi connectivity index (χ1v) is 6.77. The van der Waals surface area contributed by atoms with Crippen molar-refractivity contribution in [3.05, 3.63) is 34.9 Å². The number of rotatable bonds is 8. The van der Waals surface area contributed by atoms with Crippen LogP contribution in [0.15, 0.2) is 18.2 Å². The first kappa shape index (κ1) is 16.4. The number of methoxy groups -OCH3 is 1. The first-order valence-electron chi connectivity index (χ1n) is 6.77. The van der Waals surface area contributed by atoms with E-state index in [9.17, 15) is 4.79 Å². The summed E-state index contributed by atoms with van der Waals surface area (Å²) in [6.45, 7) is 6.18. The minimum Gasteiger partial charge on any atom is -0.383 e. The highest BCUT2D eigenvalue weighted by atomic mass is 16.5. The van der Waals surface area contributed by atoms with E-state index in [1.807, 2.05) is 36.9 Å². The smallest absolute Gasteiger partial charge is 0.176 e. The van der Waals surface area contributed by atoms with Crippen molar-refractivity contribution < 1.29 is 9.53 Å². The zero-order valence-electron chi connectivity index (χ0n) is 12.5. The molecule has 1 rings (SSSR count). The highest BCUT2D eigenvalue weighted by Crippen LogP contribution is 2.11. The van der Waals surface area contributed by atoms with E-state index >= 15 is 0 Å². The van der Waals surface area contributed by atoms with Crippen molar-refractivity contribution in [2.24, 2.45) is 0 Å². The van der Waals surface area contributed by atoms with Crippen LogP contribution in [0.5, 0.6) is 0 Å². The minimum atomic E-state index is 0.0853. The number of nitriles is 1. The molecule has 0 unspecified atom stereocenters. The van der Waals surface area contributed by atoms with Gasteiger partial charge in [0.25, 0.3) is 0 Å². The fraction of sp³-hybridized carbons (Fsp3) is 0.500. The monoisotopic (exact) mass is 274 g/mol. The van der Waals surface area contributed by atoms with Gasteiger partial charge in [0.15, 0.2) is 5.78 Å². The van der Waals surface area contributed by atoms with Crippen LogP contribution in [0.3, 0.4) is 0 Å². The van der Waals surface area contributed by atoms with E-state index in [0.717, 1.165) is 11.1 Å². The number of hydrogen-bond donors (Lipinski definition) is 0. The molecule has 0 spiro atoms. The highest BCUT2D eigenvalue weighted by Gasteiger charge is 2.12. The van der Waals surface area contributed by atoms with Crippen LogP contribution < -0.4 is 0 Å². The lowest BCUT2D eigenvalue weighted by atomic mass is 10.0. The summed E-state index contributed by atoms with van der Waals surface area (Å²) in [6.07, 6.45) is 0.421. The summed E-state index contributed by atoms with van der Waals surface area (Å²) in [6, 6.07) is 7.87. The van der Waals surface area contributed by atoms with Crippen molar-refractivity contribution in [3.8, 4) is 6.07 Å². The summed E-state index contributed by atoms with van der Waals surface area (Å²) in [5.41, 5.74) is 3.03. The summed E-state index contributed by atoms with van der Waals surface area (Å²) < 4.78 is 5.04. The zero-order valence-corrected chi connectivity index (χ0v) is 12.5. The predicted molar refractivity (Wildman–Crippen MR) is 78.8 cm³/mol. The third-order valence-electron chi connectivity index (χ3n) is 3.35. The Morgan fingerprint density at radius 2 is 2.05 bits per heavy atom. The standard InChI is InChI=1S/C16H22N2O2/c1-13-5-6-15(11-14(13)2)16(19)12-18(8-4-7-17)9-10-20-3/h5-6,11H,4,8-10,12H2,1-3H3. The highest BCUT2D eigenvalue weighted by molar-refractivity contribution is 5.97. The first-order chi connectivity index (χ1) is 9.58. The van der Waals surface area contributed by atoms with E-state index in [4.69, 9.17) is 10.00 Å². The molecule has 0 N–H and O–H groups in total. The Bertz CT molecular complexity index is 492. The van der Waals surface area contributed by atoms with Crippen LogP contribution in [0.2, 0.25) is 0 Å². The van der Waals surface area contributed by atoms with Crippen LogP contribution in [0.25, 0.3) is 0 Å². The molecule has 4 heteroatoms. The Hall–Kier alpha value is -1.70. The van der Waals surface area contributed by atoms with Gasteiger partial charge in [-0.15, -0.1) is 0 Å². The largest absolute Gasteiger partial charge is 0.383 e. The fourth-order valence-corrected chi connectivity index (χ4v) is 1.91. The lowest BCUT2D eigenvalue weighted by Crippen LogP contribution is -2.33. The van der Waals surface area contributed by atoms with Crippen LogP contribution in [0.1, 0.15) is 27.9 Å². The number of ether oxygens (including phenoxy) is 1. The van der Waals surface area contributed by atoms with E-state index in [1.54, 1.807) is 7.11 Å². The van der Waals surface area contributed by atoms with Crippen molar-refractivity contribution >= 4 is 5.78 Å². The van der Waals surface area contributed by atoms with Crippen LogP contribution in [0, 0.1) is 25.2 Å². The topological polar surface area (TPSA) is 53.3 Å². The van der Waals surface area contributed by atoms with Gasteiger partial charge in [0.2, 0.25) is 0 Å². The van der Waals surface area contributed by atoms with Gasteiger partial charge in [-0.25, -0.2) is 0 Å². The maximum Gasteiger partial charge on any atom is 0.176 e. The van der Waals surface area contributed by atoms with Crippen LogP contribution >= 0.6 is 0 Å². The third-order valence-corrected chi connectivity index (χ3v) is 3.35. The Morgan fingerprint density at radius 3 is 2.65 bits per heavy atom. The number of carbonyl (C=O) groups is 1. The van der Waals surface area contributed by atoms with Crippen molar-refractivity contribution in [1.82, 2.24) is 4.90 Å². The molecule has 1 aromatic carbocycles. The van der Waals surface area contributed by atoms with Crippen molar-refractivity contribution in [2.45, 2.75) is 20.3 Å². The van der Waals surface area contributed by atoms with E-state index in [1.165, 1.54) is 5.56 Å². The molecule has 0 bridgehead atoms. The number of nitrogens with zero attached hydrogens (tertiary/aromatic N) is 2. The Balaban J connectivity index is 2.68. The quantitative estimate of drug-likeness (QED) is 0.683. The molecule has 0 aliphatic heterocycles. The number of carbonyl (C=O) groups excluding carboxylic acids is 1. The van der Waals surface area contributed by atoms with E-state index < -0.39 is 0 Å². The molecule has 108 valence electrons. The van der Waals surface area contributed by atoms with Gasteiger partial charge < -0.3 is 4.74 Å². The molecule has 0 aliphatic carbocycles. The van der Waals surface area contributed by atoms with Gasteiger partial charge in [-0.1, -0.05) is 12.1 Å². The molecule has 0 fully saturated rings. The van der Waals surface area contributed by atoms with Gasteiger partial charge in [-0.05, 0) is 31.0 Å². The molecular formula is C16H22N2O2. The Labute approximate surface area is 121 Å². The summed E-state index contributed by atoms with van der Waals surface area (Å²) in [5.74, 6) is 0.0853. The molecule has 0 saturated carbocycles. The van der Waals surface area contributed by atoms with Gasteiger partial charge >= 0.3 is 0 Å². The minimum absolute atomic E-state index is 0.0853. The Morgan fingerprint density at radius 1 is 1.30 bits per heavy atom. The maximum absolute atomic E-state index is 12.3. The number of ketones is 1. The second-order valence-corrected chi connectivity index (χ2v) is 4.90. The average molecular weight is 274 g/mol. The summed E-state index contributed by atoms with van der Waals surface area (Å²) in [4.78, 5) is 14.2. The van der Waals surface area contributed by atoms with E-state index in [2.05, 4.69) is 6.07 Å². The van der Waals surface area contributed by atoms with Gasteiger partial charge in [-0.3, -0.25) is 9.69 Å². The normalized spacial score (nSPS) is 10.6. The lowest BCUT2D eigenvalue weighted by molar-refractivity contribution is 0.0898. The predicted octanol–water partition coefficient (Wildman–Crippen LogP) is 2.35. The molecule has 20 heavy (non-hydrogen) atoms. The summed E-state index contributed by atoms with van der Waals surface area (Å²) in [5, 5.41) is 8.67. The fourth-order valence-electron chi connectivity index (χ4n) is 1.91. The third kappa shape index (κ3) is 5.12. The summed E-state index contributed by atoms with van der Waals surface area (Å²) in [7, 11) is 1.63. The average Bonchev–Trinajstić information content (AvgIpc) is 2.44. The van der Waals surface area contributed by atoms with Gasteiger partial charge in [0.05, 0.1) is 19.2 Å². The molecule has 1 aromatic rings. The molecule has 0 atom stereocenters. The second kappa shape index (κ2) is 8.47. The van der Waals surface area contributed by atoms with Gasteiger partial charge in [0, 0.05) is 32.2 Å². The van der Waals surface area contributed by atoms with E-state index in [-0.39, 0.29) is 5.78 Å². The molecule has 0 saturated heterocycles. The lowest BCUT2D eigenvalue weighted by Gasteiger charge is -2.20. The number of aryl methyl sites for hydroxylation is 2. The SMILES string of the molecule is COCCN(CCC#N)CC(=O)c1ccc(C)c(C)c1. The molecule has 4 nitrogen and oxygen atoms in total. The van der Waals surface area contributed by atoms with Crippen molar-refractivity contribution in [1.29, 1.82) is 5.26 Å². The molecule has 0 aromatic heterocycles. The second-order valence-electron chi connectivity index (χ2n) is 4.90. The van der Waals surface area contributed by atoms with Crippen LogP contribution in [-0.2, 0) is 4.74 Å². The number of hydrogen-bond acceptors (Lipinski definition) is 4. The van der Waals surface area contributed by atoms with E-state index in [0.29, 0.717) is 32.7 Å². The van der Waals surface area contributed by atoms with Crippen LogP contribution in [0.4, 0.5) is 0 Å². The van der Waals surface area contributed by atoms with Gasteiger partial charge in [0.1, 0.15) is 0 Å². The number of Topliss-reactive ketones (excluding diaryl/α,β-unsaturated/α-hetero) is 1. The molecular weight excluding hydrogens is 252 g/mol. The molecule has 0 aliphatic rings. The Kier molecular flexibility index (Phi) is 6.92. The maximum atomic E-state index is 12.3. The zero-order chi connectivity index (χ0) is 15.0. The molecule has 0 radical (unpaired) electrons. The van der Waals surface area contributed by atoms with Gasteiger partial charge in [-0.2, -0.15) is 5.26 Å². The van der Waals surface area contributed by atoms with Crippen molar-refractivity contribution in [3.63, 3.8) is 0 Å². The summed E-state index contributed by atoms with van der Waals surface area (Å²) >= 11 is 0. The molecule has 0 amide bonds. The van der Waals surface area contributed by atoms with Crippen LogP contribution in [-0.4, -0.2) is 44.0 Å². The number of benzene rings is 1.